The van der Waals surface area contributed by atoms with E-state index in [1.807, 2.05) is 36.4 Å². The van der Waals surface area contributed by atoms with Crippen molar-refractivity contribution in [3.8, 4) is 10.4 Å². The number of carbonyl (C=O) groups is 1. The van der Waals surface area contributed by atoms with Crippen molar-refractivity contribution in [3.63, 3.8) is 0 Å². The molecule has 0 saturated heterocycles. The number of likely N-dealkylation sites (N-methyl/N-ethyl adjacent to an activating group) is 1. The highest BCUT2D eigenvalue weighted by Gasteiger charge is 2.16. The molecule has 112 valence electrons. The fraction of sp³-hybridized carbons (Fsp3) is 0.0556. The van der Waals surface area contributed by atoms with Crippen molar-refractivity contribution in [3.05, 3.63) is 84.1 Å². The van der Waals surface area contributed by atoms with Gasteiger partial charge in [0.2, 0.25) is 0 Å². The van der Waals surface area contributed by atoms with Crippen LogP contribution in [-0.2, 0) is 0 Å². The van der Waals surface area contributed by atoms with Crippen molar-refractivity contribution in [2.24, 2.45) is 0 Å². The van der Waals surface area contributed by atoms with E-state index in [2.05, 4.69) is 13.2 Å². The normalized spacial score (nSPS) is 11.0. The largest absolute Gasteiger partial charge is 0.509 e. The van der Waals surface area contributed by atoms with E-state index in [0.29, 0.717) is 10.6 Å². The zero-order valence-corrected chi connectivity index (χ0v) is 13.1. The first kappa shape index (κ1) is 15.8. The fourth-order valence-corrected chi connectivity index (χ4v) is 2.94. The maximum Gasteiger partial charge on any atom is 0.268 e. The van der Waals surface area contributed by atoms with Gasteiger partial charge in [-0.05, 0) is 23.8 Å². The van der Waals surface area contributed by atoms with Crippen molar-refractivity contribution in [1.29, 1.82) is 0 Å². The summed E-state index contributed by atoms with van der Waals surface area (Å²) >= 11 is 1.43. The molecular formula is C18H17NO2S. The van der Waals surface area contributed by atoms with Crippen LogP contribution in [0.3, 0.4) is 0 Å². The maximum absolute atomic E-state index is 12.5. The van der Waals surface area contributed by atoms with Gasteiger partial charge in [0, 0.05) is 23.7 Å². The molecule has 2 rings (SSSR count). The molecule has 0 radical (unpaired) electrons. The molecule has 0 aliphatic heterocycles. The highest BCUT2D eigenvalue weighted by molar-refractivity contribution is 7.17. The summed E-state index contributed by atoms with van der Waals surface area (Å²) < 4.78 is 0. The minimum Gasteiger partial charge on any atom is -0.509 e. The molecule has 0 saturated carbocycles. The molecular weight excluding hydrogens is 294 g/mol. The van der Waals surface area contributed by atoms with Crippen molar-refractivity contribution in [1.82, 2.24) is 4.90 Å². The van der Waals surface area contributed by atoms with Gasteiger partial charge in [-0.1, -0.05) is 43.5 Å². The molecule has 0 bridgehead atoms. The molecule has 22 heavy (non-hydrogen) atoms. The van der Waals surface area contributed by atoms with Crippen LogP contribution in [0, 0.1) is 0 Å². The first-order chi connectivity index (χ1) is 10.5. The number of hydrogen-bond donors (Lipinski definition) is 1. The smallest absolute Gasteiger partial charge is 0.268 e. The van der Waals surface area contributed by atoms with E-state index < -0.39 is 0 Å². The Hall–Kier alpha value is -2.59. The van der Waals surface area contributed by atoms with E-state index in [0.717, 1.165) is 10.4 Å². The predicted molar refractivity (Wildman–Crippen MR) is 91.9 cm³/mol. The highest BCUT2D eigenvalue weighted by atomic mass is 32.1. The van der Waals surface area contributed by atoms with Gasteiger partial charge in [-0.15, -0.1) is 11.3 Å². The number of thiophene rings is 1. The molecule has 0 aliphatic carbocycles. The summed E-state index contributed by atoms with van der Waals surface area (Å²) in [4.78, 5) is 15.6. The molecule has 1 heterocycles. The summed E-state index contributed by atoms with van der Waals surface area (Å²) in [6.45, 7) is 7.05. The molecule has 0 fully saturated rings. The van der Waals surface area contributed by atoms with Gasteiger partial charge >= 0.3 is 0 Å². The number of nitrogens with zero attached hydrogens (tertiary/aromatic N) is 1. The molecule has 0 atom stereocenters. The quantitative estimate of drug-likeness (QED) is 0.646. The first-order valence-electron chi connectivity index (χ1n) is 6.68. The summed E-state index contributed by atoms with van der Waals surface area (Å²) in [5.41, 5.74) is 1.57. The van der Waals surface area contributed by atoms with Crippen LogP contribution in [0.4, 0.5) is 0 Å². The van der Waals surface area contributed by atoms with Gasteiger partial charge < -0.3 is 10.0 Å². The third kappa shape index (κ3) is 3.54. The zero-order chi connectivity index (χ0) is 16.1. The predicted octanol–water partition coefficient (Wildman–Crippen LogP) is 4.63. The third-order valence-corrected chi connectivity index (χ3v) is 4.21. The van der Waals surface area contributed by atoms with Crippen molar-refractivity contribution in [2.75, 3.05) is 7.05 Å². The lowest BCUT2D eigenvalue weighted by molar-refractivity contribution is 0.0845. The van der Waals surface area contributed by atoms with Crippen LogP contribution in [0.15, 0.2) is 79.2 Å². The molecule has 0 spiro atoms. The second kappa shape index (κ2) is 6.91. The molecule has 3 nitrogen and oxygen atoms in total. The van der Waals surface area contributed by atoms with Crippen molar-refractivity contribution >= 4 is 17.2 Å². The second-order valence-electron chi connectivity index (χ2n) is 4.66. The Labute approximate surface area is 134 Å². The van der Waals surface area contributed by atoms with Crippen LogP contribution in [-0.4, -0.2) is 23.0 Å². The Morgan fingerprint density at radius 3 is 2.50 bits per heavy atom. The molecule has 2 aromatic rings. The first-order valence-corrected chi connectivity index (χ1v) is 7.50. The fourth-order valence-electron chi connectivity index (χ4n) is 1.96. The minimum absolute atomic E-state index is 0.120. The summed E-state index contributed by atoms with van der Waals surface area (Å²) in [7, 11) is 1.64. The van der Waals surface area contributed by atoms with Gasteiger partial charge in [0.1, 0.15) is 5.76 Å². The molecule has 0 aliphatic rings. The average molecular weight is 311 g/mol. The molecule has 1 N–H and O–H groups in total. The number of carbonyl (C=O) groups excluding carboxylic acids is 1. The number of rotatable bonds is 5. The average Bonchev–Trinajstić information content (AvgIpc) is 3.01. The van der Waals surface area contributed by atoms with Gasteiger partial charge in [0.25, 0.3) is 5.91 Å². The number of benzene rings is 1. The molecule has 1 aromatic heterocycles. The highest BCUT2D eigenvalue weighted by Crippen LogP contribution is 2.29. The Kier molecular flexibility index (Phi) is 4.96. The molecule has 4 heteroatoms. The lowest BCUT2D eigenvalue weighted by Gasteiger charge is -2.17. The topological polar surface area (TPSA) is 40.5 Å². The Bertz CT molecular complexity index is 729. The standard InChI is InChI=1S/C18H17NO2S/c1-4-15(12-13(2)20)19(3)18(21)17-11-10-16(22-17)14-8-6-5-7-9-14/h4-12,20H,1-2H2,3H3/b15-12+. The van der Waals surface area contributed by atoms with Crippen LogP contribution >= 0.6 is 11.3 Å². The Morgan fingerprint density at radius 1 is 1.23 bits per heavy atom. The lowest BCUT2D eigenvalue weighted by Crippen LogP contribution is -2.24. The third-order valence-electron chi connectivity index (χ3n) is 3.09. The number of hydrogen-bond acceptors (Lipinski definition) is 3. The summed E-state index contributed by atoms with van der Waals surface area (Å²) in [5, 5.41) is 9.25. The van der Waals surface area contributed by atoms with Crippen LogP contribution in [0.25, 0.3) is 10.4 Å². The van der Waals surface area contributed by atoms with Gasteiger partial charge in [-0.2, -0.15) is 0 Å². The van der Waals surface area contributed by atoms with Crippen molar-refractivity contribution in [2.45, 2.75) is 0 Å². The van der Waals surface area contributed by atoms with Gasteiger partial charge in [-0.25, -0.2) is 0 Å². The van der Waals surface area contributed by atoms with Crippen LogP contribution in [0.5, 0.6) is 0 Å². The Balaban J connectivity index is 2.25. The molecule has 1 aromatic carbocycles. The van der Waals surface area contributed by atoms with E-state index >= 15 is 0 Å². The molecule has 0 unspecified atom stereocenters. The number of allylic oxidation sites excluding steroid dienone is 2. The molecule has 1 amide bonds. The SMILES string of the molecule is C=C/C(=C\C(=C)O)N(C)C(=O)c1ccc(-c2ccccc2)s1. The number of aliphatic hydroxyl groups excluding tert-OH is 1. The zero-order valence-electron chi connectivity index (χ0n) is 12.3. The summed E-state index contributed by atoms with van der Waals surface area (Å²) in [5.74, 6) is -0.273. The number of amides is 1. The van der Waals surface area contributed by atoms with E-state index in [9.17, 15) is 9.90 Å². The van der Waals surface area contributed by atoms with E-state index in [1.54, 1.807) is 13.1 Å². The van der Waals surface area contributed by atoms with Crippen LogP contribution < -0.4 is 0 Å². The second-order valence-corrected chi connectivity index (χ2v) is 5.74. The Morgan fingerprint density at radius 2 is 1.91 bits per heavy atom. The van der Waals surface area contributed by atoms with Crippen LogP contribution in [0.2, 0.25) is 0 Å². The summed E-state index contributed by atoms with van der Waals surface area (Å²) in [6.07, 6.45) is 2.90. The lowest BCUT2D eigenvalue weighted by atomic mass is 10.2. The van der Waals surface area contributed by atoms with Gasteiger partial charge in [0.15, 0.2) is 0 Å². The summed E-state index contributed by atoms with van der Waals surface area (Å²) in [6, 6.07) is 13.6. The minimum atomic E-state index is -0.153. The van der Waals surface area contributed by atoms with Gasteiger partial charge in [0.05, 0.1) is 4.88 Å². The van der Waals surface area contributed by atoms with Gasteiger partial charge in [-0.3, -0.25) is 4.79 Å². The van der Waals surface area contributed by atoms with E-state index in [-0.39, 0.29) is 11.7 Å². The van der Waals surface area contributed by atoms with Crippen molar-refractivity contribution < 1.29 is 9.90 Å². The van der Waals surface area contributed by atoms with E-state index in [4.69, 9.17) is 0 Å². The van der Waals surface area contributed by atoms with E-state index in [1.165, 1.54) is 28.4 Å². The van der Waals surface area contributed by atoms with Crippen LogP contribution in [0.1, 0.15) is 9.67 Å². The monoisotopic (exact) mass is 311 g/mol. The maximum atomic E-state index is 12.5. The number of aliphatic hydroxyl groups is 1.